The number of para-hydroxylation sites is 2. The van der Waals surface area contributed by atoms with E-state index in [2.05, 4.69) is 171 Å². The molecule has 4 aromatic heterocycles. The number of pyridine rings is 2. The molecule has 0 N–H and O–H groups in total. The lowest BCUT2D eigenvalue weighted by atomic mass is 9.94. The number of fused-ring (bicyclic) bond motifs is 2. The predicted molar refractivity (Wildman–Crippen MR) is 373 cm³/mol. The van der Waals surface area contributed by atoms with E-state index in [1.54, 1.807) is 0 Å². The largest absolute Gasteiger partial charge is 0.491 e. The highest BCUT2D eigenvalue weighted by Gasteiger charge is 2.18. The summed E-state index contributed by atoms with van der Waals surface area (Å²) in [6, 6.07) is 45.5. The van der Waals surface area contributed by atoms with Gasteiger partial charge in [0.05, 0.1) is 90.2 Å². The number of benzene rings is 6. The summed E-state index contributed by atoms with van der Waals surface area (Å²) in [5.74, 6) is 6.64. The van der Waals surface area contributed by atoms with Gasteiger partial charge in [-0.1, -0.05) is 151 Å². The molecule has 0 aliphatic rings. The Bertz CT molecular complexity index is 3670. The van der Waals surface area contributed by atoms with Gasteiger partial charge in [-0.15, -0.1) is 10.2 Å². The minimum absolute atomic E-state index is 0.380. The van der Waals surface area contributed by atoms with E-state index in [1.807, 2.05) is 94.6 Å². The molecule has 0 amide bonds. The number of hydrogen-bond acceptors (Lipinski definition) is 14. The highest BCUT2D eigenvalue weighted by Crippen LogP contribution is 2.37. The fraction of sp³-hybridized carbons (Fsp3) is 0.410. The molecule has 10 aromatic rings. The molecule has 0 spiro atoms. The Morgan fingerprint density at radius 2 is 0.604 bits per heavy atom. The van der Waals surface area contributed by atoms with Gasteiger partial charge in [-0.05, 0) is 81.3 Å². The molecule has 18 heteroatoms. The van der Waals surface area contributed by atoms with E-state index < -0.39 is 0 Å². The van der Waals surface area contributed by atoms with Crippen LogP contribution in [0.25, 0.3) is 32.7 Å². The molecule has 506 valence electrons. The van der Waals surface area contributed by atoms with Crippen molar-refractivity contribution in [2.24, 2.45) is 0 Å². The van der Waals surface area contributed by atoms with Crippen molar-refractivity contribution in [2.75, 3.05) is 92.5 Å². The maximum absolute atomic E-state index is 6.27. The van der Waals surface area contributed by atoms with Crippen LogP contribution in [-0.2, 0) is 58.0 Å². The summed E-state index contributed by atoms with van der Waals surface area (Å²) in [6.07, 6.45) is 13.9. The Kier molecular flexibility index (Phi) is 26.4. The molecule has 0 bridgehead atoms. The number of aryl methyl sites for hydroxylation is 4. The zero-order valence-electron chi connectivity index (χ0n) is 57.3. The van der Waals surface area contributed by atoms with Gasteiger partial charge in [0.2, 0.25) is 0 Å². The molecule has 0 unspecified atom stereocenters. The Morgan fingerprint density at radius 3 is 0.906 bits per heavy atom. The van der Waals surface area contributed by atoms with Crippen molar-refractivity contribution >= 4 is 21.5 Å². The fourth-order valence-corrected chi connectivity index (χ4v) is 11.5. The minimum atomic E-state index is 0.380. The van der Waals surface area contributed by atoms with Gasteiger partial charge in [-0.25, -0.2) is 18.5 Å². The van der Waals surface area contributed by atoms with Crippen LogP contribution in [0.4, 0.5) is 0 Å². The van der Waals surface area contributed by atoms with Gasteiger partial charge in [-0.3, -0.25) is 0 Å². The van der Waals surface area contributed by atoms with E-state index in [1.165, 1.54) is 22.3 Å². The van der Waals surface area contributed by atoms with Crippen LogP contribution in [0.2, 0.25) is 0 Å². The first kappa shape index (κ1) is 69.9. The van der Waals surface area contributed by atoms with Crippen LogP contribution in [0.5, 0.6) is 34.5 Å². The van der Waals surface area contributed by atoms with Crippen molar-refractivity contribution in [3.63, 3.8) is 0 Å². The third kappa shape index (κ3) is 20.1. The second kappa shape index (κ2) is 36.3. The first-order valence-corrected chi connectivity index (χ1v) is 34.1. The van der Waals surface area contributed by atoms with Gasteiger partial charge < -0.3 is 47.4 Å². The van der Waals surface area contributed by atoms with E-state index in [0.717, 1.165) is 104 Å². The Morgan fingerprint density at radius 1 is 0.323 bits per heavy atom. The highest BCUT2D eigenvalue weighted by molar-refractivity contribution is 5.94. The molecule has 0 radical (unpaired) electrons. The molecule has 0 aliphatic heterocycles. The summed E-state index contributed by atoms with van der Waals surface area (Å²) in [4.78, 5) is 0. The normalized spacial score (nSPS) is 11.7. The Hall–Kier alpha value is -8.94. The lowest BCUT2D eigenvalue weighted by molar-refractivity contribution is -0.696. The van der Waals surface area contributed by atoms with Crippen LogP contribution in [0, 0.1) is 0 Å². The van der Waals surface area contributed by atoms with Crippen molar-refractivity contribution < 1.29 is 56.5 Å². The Labute approximate surface area is 565 Å². The quantitative estimate of drug-likeness (QED) is 0.0263. The minimum Gasteiger partial charge on any atom is -0.491 e. The van der Waals surface area contributed by atoms with Crippen molar-refractivity contribution in [3.05, 3.63) is 204 Å². The van der Waals surface area contributed by atoms with Crippen LogP contribution in [0.1, 0.15) is 113 Å². The molecule has 96 heavy (non-hydrogen) atoms. The van der Waals surface area contributed by atoms with E-state index >= 15 is 0 Å². The number of hydrogen-bond donors (Lipinski definition) is 0. The molecular weight excluding hydrogens is 1210 g/mol. The van der Waals surface area contributed by atoms with Gasteiger partial charge in [0, 0.05) is 58.2 Å². The van der Waals surface area contributed by atoms with Crippen molar-refractivity contribution in [1.29, 1.82) is 0 Å². The molecule has 0 fully saturated rings. The maximum atomic E-state index is 6.27. The third-order valence-electron chi connectivity index (χ3n) is 16.7. The van der Waals surface area contributed by atoms with Crippen molar-refractivity contribution in [2.45, 2.75) is 118 Å². The van der Waals surface area contributed by atoms with Gasteiger partial charge >= 0.3 is 0 Å². The van der Waals surface area contributed by atoms with Gasteiger partial charge in [0.25, 0.3) is 0 Å². The number of rotatable bonds is 41. The van der Waals surface area contributed by atoms with Gasteiger partial charge in [0.15, 0.2) is 37.9 Å². The van der Waals surface area contributed by atoms with Crippen LogP contribution < -0.4 is 37.6 Å². The number of nitrogens with zero attached hydrogens (tertiary/aromatic N) is 8. The topological polar surface area (TPSA) is 161 Å². The van der Waals surface area contributed by atoms with Crippen LogP contribution >= 0.6 is 0 Å². The molecule has 6 aromatic carbocycles. The molecule has 0 aliphatic carbocycles. The second-order valence-electron chi connectivity index (χ2n) is 25.0. The number of ether oxygens (including phenoxy) is 10. The highest BCUT2D eigenvalue weighted by atomic mass is 16.6. The average molecular weight is 1310 g/mol. The first-order chi connectivity index (χ1) is 46.9. The lowest BCUT2D eigenvalue weighted by Crippen LogP contribution is -2.34. The summed E-state index contributed by atoms with van der Waals surface area (Å²) in [5.41, 5.74) is 9.07. The smallest absolute Gasteiger partial charge is 0.169 e. The number of aromatic nitrogens is 8. The van der Waals surface area contributed by atoms with Crippen LogP contribution in [0.3, 0.4) is 0 Å². The summed E-state index contributed by atoms with van der Waals surface area (Å²) >= 11 is 0. The summed E-state index contributed by atoms with van der Waals surface area (Å²) in [7, 11) is 0. The van der Waals surface area contributed by atoms with E-state index in [9.17, 15) is 0 Å². The SMILES string of the molecule is CC(C)c1cccc(C(C)C)c1OCCOCCOc1cccc2c(OCCOCCn3cc(CC[n+]4ccc(-c5cc[n+](CCc6cn(CCOCCOc7cccc8c(OCCOCCOc9c(C(C)C)cccc9C(C)C)cccc78)nn6)cc5)cc4)nn3)cccc12. The van der Waals surface area contributed by atoms with Crippen molar-refractivity contribution in [3.8, 4) is 45.6 Å². The van der Waals surface area contributed by atoms with E-state index in [-0.39, 0.29) is 0 Å². The average Bonchev–Trinajstić information content (AvgIpc) is 0.893. The monoisotopic (exact) mass is 1300 g/mol. The Balaban J connectivity index is 0.558. The van der Waals surface area contributed by atoms with Crippen LogP contribution in [0.15, 0.2) is 171 Å². The molecule has 0 saturated heterocycles. The van der Waals surface area contributed by atoms with E-state index in [4.69, 9.17) is 47.4 Å². The van der Waals surface area contributed by atoms with Crippen molar-refractivity contribution in [1.82, 2.24) is 30.0 Å². The molecular formula is C78H96N8O10+2. The molecule has 0 atom stereocenters. The standard InChI is InChI=1S/C78H96N8O10/c1-57(2)65-15-9-16-66(58(3)4)77(65)95-53-47-89-45-51-93-75-25-13-19-69-71(75)21-11-23-73(69)91-49-43-87-41-39-85-55-63(79-81-85)31-37-83-33-27-61(28-34-83)62-29-35-84(36-30-62)38-32-64-56-86(82-80-64)40-42-88-44-50-92-74-24-12-22-72-70(74)20-14-26-76(72)94-52-46-90-48-54-96-78-67(59(5)6)17-10-18-68(78)60(7)8/h9-30,33-36,55-60H,31-32,37-54H2,1-8H3/q+2. The molecule has 4 heterocycles. The molecule has 10 rings (SSSR count). The zero-order valence-corrected chi connectivity index (χ0v) is 57.3. The second-order valence-corrected chi connectivity index (χ2v) is 25.0. The van der Waals surface area contributed by atoms with Crippen LogP contribution in [-0.4, -0.2) is 122 Å². The summed E-state index contributed by atoms with van der Waals surface area (Å²) in [5, 5.41) is 21.5. The molecule has 0 saturated carbocycles. The molecule has 18 nitrogen and oxygen atoms in total. The van der Waals surface area contributed by atoms with Gasteiger partial charge in [0.1, 0.15) is 74.1 Å². The lowest BCUT2D eigenvalue weighted by Gasteiger charge is -2.20. The first-order valence-electron chi connectivity index (χ1n) is 34.1. The van der Waals surface area contributed by atoms with Gasteiger partial charge in [-0.2, -0.15) is 0 Å². The summed E-state index contributed by atoms with van der Waals surface area (Å²) < 4.78 is 69.0. The third-order valence-corrected chi connectivity index (χ3v) is 16.7. The summed E-state index contributed by atoms with van der Waals surface area (Å²) in [6.45, 7) is 26.7. The maximum Gasteiger partial charge on any atom is 0.169 e. The fourth-order valence-electron chi connectivity index (χ4n) is 11.5. The van der Waals surface area contributed by atoms with E-state index in [0.29, 0.717) is 129 Å². The zero-order chi connectivity index (χ0) is 66.9. The predicted octanol–water partition coefficient (Wildman–Crippen LogP) is 13.5.